The van der Waals surface area contributed by atoms with E-state index >= 15 is 0 Å². The van der Waals surface area contributed by atoms with Gasteiger partial charge in [-0.25, -0.2) is 4.98 Å². The van der Waals surface area contributed by atoms with Crippen LogP contribution < -0.4 is 10.9 Å². The summed E-state index contributed by atoms with van der Waals surface area (Å²) < 4.78 is 6.82. The number of amides is 1. The first-order valence-electron chi connectivity index (χ1n) is 12.6. The first-order chi connectivity index (χ1) is 16.9. The van der Waals surface area contributed by atoms with E-state index in [0.29, 0.717) is 44.7 Å². The summed E-state index contributed by atoms with van der Waals surface area (Å²) in [6.07, 6.45) is 2.82. The van der Waals surface area contributed by atoms with Crippen LogP contribution in [0.2, 0.25) is 0 Å². The van der Waals surface area contributed by atoms with E-state index in [9.17, 15) is 14.7 Å². The minimum absolute atomic E-state index is 0.106. The van der Waals surface area contributed by atoms with Gasteiger partial charge in [0.05, 0.1) is 31.7 Å². The minimum Gasteiger partial charge on any atom is -0.388 e. The zero-order valence-electron chi connectivity index (χ0n) is 20.6. The molecule has 2 N–H and O–H groups in total. The Morgan fingerprint density at radius 2 is 1.89 bits per heavy atom. The number of anilines is 1. The Kier molecular flexibility index (Phi) is 8.54. The lowest BCUT2D eigenvalue weighted by Gasteiger charge is -2.38. The van der Waals surface area contributed by atoms with Crippen LogP contribution in [0.3, 0.4) is 0 Å². The summed E-state index contributed by atoms with van der Waals surface area (Å²) in [5, 5.41) is 14.3. The number of piperidine rings is 1. The van der Waals surface area contributed by atoms with Crippen LogP contribution in [0.25, 0.3) is 0 Å². The van der Waals surface area contributed by atoms with Crippen molar-refractivity contribution >= 4 is 11.7 Å². The van der Waals surface area contributed by atoms with Gasteiger partial charge in [-0.1, -0.05) is 37.3 Å². The Labute approximate surface area is 206 Å². The maximum atomic E-state index is 12.8. The van der Waals surface area contributed by atoms with E-state index in [1.54, 1.807) is 0 Å². The molecule has 2 fully saturated rings. The van der Waals surface area contributed by atoms with E-state index in [1.165, 1.54) is 17.0 Å². The van der Waals surface area contributed by atoms with E-state index in [-0.39, 0.29) is 23.9 Å². The molecule has 1 aromatic carbocycles. The molecular formula is C26H37N5O4. The highest BCUT2D eigenvalue weighted by Crippen LogP contribution is 2.26. The molecule has 190 valence electrons. The number of nitrogens with one attached hydrogen (secondary N) is 1. The summed E-state index contributed by atoms with van der Waals surface area (Å²) in [6.45, 7) is 8.14. The van der Waals surface area contributed by atoms with E-state index in [1.807, 2.05) is 35.2 Å². The number of carbonyl (C=O) groups is 1. The lowest BCUT2D eigenvalue weighted by atomic mass is 9.90. The Morgan fingerprint density at radius 1 is 1.17 bits per heavy atom. The van der Waals surface area contributed by atoms with Gasteiger partial charge in [-0.2, -0.15) is 0 Å². The fraction of sp³-hybridized carbons (Fsp3) is 0.577. The van der Waals surface area contributed by atoms with Crippen molar-refractivity contribution in [2.75, 3.05) is 57.8 Å². The second-order valence-corrected chi connectivity index (χ2v) is 9.74. The summed E-state index contributed by atoms with van der Waals surface area (Å²) in [5.41, 5.74) is -0.0729. The summed E-state index contributed by atoms with van der Waals surface area (Å²) in [5.74, 6) is 0.796. The molecule has 3 heterocycles. The predicted molar refractivity (Wildman–Crippen MR) is 134 cm³/mol. The van der Waals surface area contributed by atoms with Crippen LogP contribution in [0.1, 0.15) is 37.7 Å². The van der Waals surface area contributed by atoms with Crippen LogP contribution in [0.15, 0.2) is 47.5 Å². The molecule has 35 heavy (non-hydrogen) atoms. The van der Waals surface area contributed by atoms with E-state index in [4.69, 9.17) is 4.74 Å². The highest BCUT2D eigenvalue weighted by molar-refractivity contribution is 5.77. The summed E-state index contributed by atoms with van der Waals surface area (Å²) in [4.78, 5) is 33.9. The average Bonchev–Trinajstić information content (AvgIpc) is 2.87. The standard InChI is InChI=1S/C26H37N5O4/c1-21(22-5-3-2-4-6-22)17-24(32)30-10-7-26(34,8-11-30)19-31-20-28-23(18-25(31)33)27-9-12-29-13-15-35-16-14-29/h2-6,18,20-21,27,34H,7-17,19H2,1H3/t21-/m1/s1. The number of nitrogens with zero attached hydrogens (tertiary/aromatic N) is 4. The highest BCUT2D eigenvalue weighted by Gasteiger charge is 2.34. The minimum atomic E-state index is -1.03. The average molecular weight is 484 g/mol. The molecule has 1 amide bonds. The van der Waals surface area contributed by atoms with Crippen molar-refractivity contribution in [3.8, 4) is 0 Å². The van der Waals surface area contributed by atoms with Crippen molar-refractivity contribution in [1.82, 2.24) is 19.4 Å². The van der Waals surface area contributed by atoms with Crippen molar-refractivity contribution in [3.05, 3.63) is 58.6 Å². The van der Waals surface area contributed by atoms with Crippen molar-refractivity contribution in [2.45, 2.75) is 44.2 Å². The molecule has 0 saturated carbocycles. The SMILES string of the molecule is C[C@H](CC(=O)N1CCC(O)(Cn2cnc(NCCN3CCOCC3)cc2=O)CC1)c1ccccc1. The van der Waals surface area contributed by atoms with Gasteiger partial charge < -0.3 is 20.1 Å². The zero-order valence-corrected chi connectivity index (χ0v) is 20.6. The summed E-state index contributed by atoms with van der Waals surface area (Å²) in [6, 6.07) is 11.5. The summed E-state index contributed by atoms with van der Waals surface area (Å²) >= 11 is 0. The van der Waals surface area contributed by atoms with Crippen LogP contribution in [-0.4, -0.2) is 88.4 Å². The molecule has 2 aromatic rings. The number of benzene rings is 1. The molecular weight excluding hydrogens is 446 g/mol. The van der Waals surface area contributed by atoms with E-state index < -0.39 is 5.60 Å². The number of hydrogen-bond acceptors (Lipinski definition) is 7. The molecule has 0 radical (unpaired) electrons. The van der Waals surface area contributed by atoms with Gasteiger partial charge in [0.2, 0.25) is 5.91 Å². The molecule has 0 bridgehead atoms. The predicted octanol–water partition coefficient (Wildman–Crippen LogP) is 1.53. The molecule has 0 unspecified atom stereocenters. The normalized spacial score (nSPS) is 19.3. The van der Waals surface area contributed by atoms with Gasteiger partial charge in [0.1, 0.15) is 5.82 Å². The zero-order chi connectivity index (χ0) is 24.7. The molecule has 1 atom stereocenters. The lowest BCUT2D eigenvalue weighted by Crippen LogP contribution is -2.49. The van der Waals surface area contributed by atoms with Crippen LogP contribution in [0.4, 0.5) is 5.82 Å². The molecule has 2 aliphatic heterocycles. The van der Waals surface area contributed by atoms with Crippen LogP contribution in [0, 0.1) is 0 Å². The smallest absolute Gasteiger partial charge is 0.255 e. The number of likely N-dealkylation sites (tertiary alicyclic amines) is 1. The Morgan fingerprint density at radius 3 is 2.57 bits per heavy atom. The number of rotatable bonds is 9. The van der Waals surface area contributed by atoms with Crippen molar-refractivity contribution in [1.29, 1.82) is 0 Å². The van der Waals surface area contributed by atoms with Crippen LogP contribution in [0.5, 0.6) is 0 Å². The maximum Gasteiger partial charge on any atom is 0.255 e. The number of hydrogen-bond donors (Lipinski definition) is 2. The molecule has 4 rings (SSSR count). The fourth-order valence-electron chi connectivity index (χ4n) is 4.75. The quantitative estimate of drug-likeness (QED) is 0.558. The third-order valence-corrected chi connectivity index (χ3v) is 7.08. The molecule has 2 saturated heterocycles. The van der Waals surface area contributed by atoms with Crippen molar-refractivity contribution in [3.63, 3.8) is 0 Å². The Balaban J connectivity index is 1.24. The molecule has 0 aliphatic carbocycles. The number of aliphatic hydroxyl groups is 1. The second-order valence-electron chi connectivity index (χ2n) is 9.74. The van der Waals surface area contributed by atoms with Gasteiger partial charge in [0.25, 0.3) is 5.56 Å². The molecule has 0 spiro atoms. The van der Waals surface area contributed by atoms with Crippen molar-refractivity contribution in [2.24, 2.45) is 0 Å². The van der Waals surface area contributed by atoms with Crippen LogP contribution >= 0.6 is 0 Å². The first-order valence-corrected chi connectivity index (χ1v) is 12.6. The second kappa shape index (κ2) is 11.8. The molecule has 2 aliphatic rings. The van der Waals surface area contributed by atoms with Gasteiger partial charge in [0.15, 0.2) is 0 Å². The topological polar surface area (TPSA) is 99.9 Å². The van der Waals surface area contributed by atoms with Gasteiger partial charge in [-0.3, -0.25) is 19.1 Å². The van der Waals surface area contributed by atoms with Gasteiger partial charge in [-0.05, 0) is 24.3 Å². The monoisotopic (exact) mass is 483 g/mol. The number of ether oxygens (including phenoxy) is 1. The molecule has 9 heteroatoms. The van der Waals surface area contributed by atoms with E-state index in [0.717, 1.165) is 38.4 Å². The summed E-state index contributed by atoms with van der Waals surface area (Å²) in [7, 11) is 0. The largest absolute Gasteiger partial charge is 0.388 e. The van der Waals surface area contributed by atoms with Gasteiger partial charge in [-0.15, -0.1) is 0 Å². The highest BCUT2D eigenvalue weighted by atomic mass is 16.5. The van der Waals surface area contributed by atoms with Crippen molar-refractivity contribution < 1.29 is 14.6 Å². The van der Waals surface area contributed by atoms with Gasteiger partial charge >= 0.3 is 0 Å². The third kappa shape index (κ3) is 7.13. The van der Waals surface area contributed by atoms with Gasteiger partial charge in [0, 0.05) is 51.8 Å². The number of carbonyl (C=O) groups excluding carboxylic acids is 1. The lowest BCUT2D eigenvalue weighted by molar-refractivity contribution is -0.136. The number of aromatic nitrogens is 2. The number of morpholine rings is 1. The molecule has 1 aromatic heterocycles. The fourth-order valence-corrected chi connectivity index (χ4v) is 4.75. The maximum absolute atomic E-state index is 12.8. The Bertz CT molecular complexity index is 1010. The van der Waals surface area contributed by atoms with E-state index in [2.05, 4.69) is 22.1 Å². The van der Waals surface area contributed by atoms with Crippen LogP contribution in [-0.2, 0) is 16.1 Å². The first kappa shape index (κ1) is 25.3. The molecule has 9 nitrogen and oxygen atoms in total. The Hall–Kier alpha value is -2.75. The third-order valence-electron chi connectivity index (χ3n) is 7.08.